The molecule has 0 aliphatic rings. The van der Waals surface area contributed by atoms with Crippen molar-refractivity contribution >= 4 is 23.3 Å². The summed E-state index contributed by atoms with van der Waals surface area (Å²) in [5.74, 6) is -0.152. The molecule has 2 aromatic rings. The first-order chi connectivity index (χ1) is 8.69. The third kappa shape index (κ3) is 2.78. The molecule has 0 atom stereocenters. The van der Waals surface area contributed by atoms with E-state index in [1.165, 1.54) is 30.6 Å². The topological polar surface area (TPSA) is 91.6 Å². The molecule has 0 saturated carbocycles. The lowest BCUT2D eigenvalue weighted by molar-refractivity contribution is 0.102. The molecule has 2 aromatic heterocycles. The Morgan fingerprint density at radius 1 is 1.33 bits per heavy atom. The summed E-state index contributed by atoms with van der Waals surface area (Å²) in [5.41, 5.74) is 0.570. The van der Waals surface area contributed by atoms with Crippen molar-refractivity contribution in [2.24, 2.45) is 0 Å². The summed E-state index contributed by atoms with van der Waals surface area (Å²) in [4.78, 5) is 23.1. The quantitative estimate of drug-likeness (QED) is 0.828. The van der Waals surface area contributed by atoms with Crippen LogP contribution in [-0.4, -0.2) is 20.9 Å². The number of amides is 1. The molecule has 0 bridgehead atoms. The van der Waals surface area contributed by atoms with Gasteiger partial charge in [0.25, 0.3) is 5.91 Å². The molecule has 2 rings (SSSR count). The van der Waals surface area contributed by atoms with Gasteiger partial charge in [0.1, 0.15) is 17.6 Å². The predicted molar refractivity (Wildman–Crippen MR) is 63.9 cm³/mol. The van der Waals surface area contributed by atoms with Gasteiger partial charge in [-0.05, 0) is 29.8 Å². The molecule has 18 heavy (non-hydrogen) atoms. The largest absolute Gasteiger partial charge is 0.305 e. The number of rotatable bonds is 2. The van der Waals surface area contributed by atoms with E-state index < -0.39 is 5.91 Å². The van der Waals surface area contributed by atoms with Crippen molar-refractivity contribution in [2.75, 3.05) is 5.32 Å². The molecule has 6 nitrogen and oxygen atoms in total. The number of carbonyl (C=O) groups is 1. The molecular weight excluding hydrogens is 254 g/mol. The van der Waals surface area contributed by atoms with E-state index in [1.807, 2.05) is 6.07 Å². The van der Waals surface area contributed by atoms with Gasteiger partial charge >= 0.3 is 0 Å². The van der Waals surface area contributed by atoms with Crippen LogP contribution in [0.15, 0.2) is 30.6 Å². The van der Waals surface area contributed by atoms with E-state index in [-0.39, 0.29) is 16.8 Å². The van der Waals surface area contributed by atoms with Crippen LogP contribution in [0.1, 0.15) is 16.1 Å². The van der Waals surface area contributed by atoms with E-state index >= 15 is 0 Å². The summed E-state index contributed by atoms with van der Waals surface area (Å²) >= 11 is 5.59. The van der Waals surface area contributed by atoms with Crippen LogP contribution in [0, 0.1) is 11.3 Å². The summed E-state index contributed by atoms with van der Waals surface area (Å²) in [6.45, 7) is 0. The van der Waals surface area contributed by atoms with Crippen LogP contribution in [0.5, 0.6) is 0 Å². The average Bonchev–Trinajstić information content (AvgIpc) is 2.39. The summed E-state index contributed by atoms with van der Waals surface area (Å²) in [5, 5.41) is 11.2. The van der Waals surface area contributed by atoms with Gasteiger partial charge in [0.05, 0.1) is 5.56 Å². The van der Waals surface area contributed by atoms with Gasteiger partial charge in [-0.25, -0.2) is 15.0 Å². The highest BCUT2D eigenvalue weighted by Gasteiger charge is 2.08. The molecule has 7 heteroatoms. The van der Waals surface area contributed by atoms with Crippen molar-refractivity contribution in [1.82, 2.24) is 15.0 Å². The molecule has 1 N–H and O–H groups in total. The number of halogens is 1. The van der Waals surface area contributed by atoms with Gasteiger partial charge < -0.3 is 5.32 Å². The monoisotopic (exact) mass is 259 g/mol. The molecule has 1 amide bonds. The molecule has 0 saturated heterocycles. The van der Waals surface area contributed by atoms with E-state index in [0.717, 1.165) is 0 Å². The fourth-order valence-electron chi connectivity index (χ4n) is 1.18. The first kappa shape index (κ1) is 12.0. The van der Waals surface area contributed by atoms with Crippen molar-refractivity contribution in [3.63, 3.8) is 0 Å². The first-order valence-electron chi connectivity index (χ1n) is 4.85. The molecule has 2 heterocycles. The number of nitrogens with one attached hydrogen (secondary N) is 1. The lowest BCUT2D eigenvalue weighted by atomic mass is 10.2. The number of hydrogen-bond donors (Lipinski definition) is 1. The van der Waals surface area contributed by atoms with Crippen LogP contribution in [0.2, 0.25) is 5.28 Å². The van der Waals surface area contributed by atoms with Crippen LogP contribution in [-0.2, 0) is 0 Å². The van der Waals surface area contributed by atoms with Crippen LogP contribution >= 0.6 is 11.6 Å². The summed E-state index contributed by atoms with van der Waals surface area (Å²) in [6, 6.07) is 6.39. The van der Waals surface area contributed by atoms with E-state index in [4.69, 9.17) is 16.9 Å². The zero-order valence-electron chi connectivity index (χ0n) is 8.96. The molecule has 0 radical (unpaired) electrons. The molecule has 0 spiro atoms. The van der Waals surface area contributed by atoms with Gasteiger partial charge in [0, 0.05) is 12.4 Å². The van der Waals surface area contributed by atoms with Crippen molar-refractivity contribution < 1.29 is 4.79 Å². The highest BCUT2D eigenvalue weighted by Crippen LogP contribution is 2.07. The normalized spacial score (nSPS) is 9.56. The Morgan fingerprint density at radius 3 is 2.78 bits per heavy atom. The number of pyridine rings is 1. The Balaban J connectivity index is 2.14. The number of hydrogen-bond acceptors (Lipinski definition) is 5. The third-order valence-electron chi connectivity index (χ3n) is 1.99. The van der Waals surface area contributed by atoms with Gasteiger partial charge in [-0.1, -0.05) is 0 Å². The van der Waals surface area contributed by atoms with Gasteiger partial charge in [0.2, 0.25) is 5.28 Å². The maximum atomic E-state index is 11.8. The fourth-order valence-corrected chi connectivity index (χ4v) is 1.33. The highest BCUT2D eigenvalue weighted by molar-refractivity contribution is 6.28. The van der Waals surface area contributed by atoms with Crippen LogP contribution < -0.4 is 5.32 Å². The minimum atomic E-state index is -0.436. The van der Waals surface area contributed by atoms with E-state index in [9.17, 15) is 4.79 Å². The second-order valence-corrected chi connectivity index (χ2v) is 3.55. The molecule has 0 aliphatic carbocycles. The number of aromatic nitrogens is 3. The lowest BCUT2D eigenvalue weighted by Gasteiger charge is -2.03. The van der Waals surface area contributed by atoms with Gasteiger partial charge in [-0.15, -0.1) is 0 Å². The fraction of sp³-hybridized carbons (Fsp3) is 0. The minimum Gasteiger partial charge on any atom is -0.305 e. The number of carbonyl (C=O) groups excluding carboxylic acids is 1. The van der Waals surface area contributed by atoms with E-state index in [0.29, 0.717) is 5.56 Å². The second kappa shape index (κ2) is 5.21. The number of nitriles is 1. The third-order valence-corrected chi connectivity index (χ3v) is 2.18. The summed E-state index contributed by atoms with van der Waals surface area (Å²) < 4.78 is 0. The zero-order chi connectivity index (χ0) is 13.0. The standard InChI is InChI=1S/C11H6ClN5O/c12-11-14-4-3-9(17-11)16-10(18)8-2-1-7(5-13)6-15-8/h1-4,6H,(H,14,16,17,18). The molecule has 0 fully saturated rings. The summed E-state index contributed by atoms with van der Waals surface area (Å²) in [6.07, 6.45) is 2.75. The number of anilines is 1. The van der Waals surface area contributed by atoms with Crippen molar-refractivity contribution in [1.29, 1.82) is 5.26 Å². The molecular formula is C11H6ClN5O. The summed E-state index contributed by atoms with van der Waals surface area (Å²) in [7, 11) is 0. The van der Waals surface area contributed by atoms with Crippen molar-refractivity contribution in [2.45, 2.75) is 0 Å². The van der Waals surface area contributed by atoms with Gasteiger partial charge in [-0.3, -0.25) is 4.79 Å². The van der Waals surface area contributed by atoms with Crippen LogP contribution in [0.25, 0.3) is 0 Å². The second-order valence-electron chi connectivity index (χ2n) is 3.21. The minimum absolute atomic E-state index is 0.0422. The molecule has 0 unspecified atom stereocenters. The maximum Gasteiger partial charge on any atom is 0.275 e. The first-order valence-corrected chi connectivity index (χ1v) is 5.23. The Bertz CT molecular complexity index is 620. The lowest BCUT2D eigenvalue weighted by Crippen LogP contribution is -2.14. The highest BCUT2D eigenvalue weighted by atomic mass is 35.5. The van der Waals surface area contributed by atoms with Gasteiger partial charge in [-0.2, -0.15) is 5.26 Å². The Hall–Kier alpha value is -2.52. The van der Waals surface area contributed by atoms with Crippen LogP contribution in [0.3, 0.4) is 0 Å². The Labute approximate surface area is 107 Å². The molecule has 0 aromatic carbocycles. The van der Waals surface area contributed by atoms with E-state index in [2.05, 4.69) is 20.3 Å². The Kier molecular flexibility index (Phi) is 3.46. The molecule has 0 aliphatic heterocycles. The zero-order valence-corrected chi connectivity index (χ0v) is 9.72. The van der Waals surface area contributed by atoms with Gasteiger partial charge in [0.15, 0.2) is 0 Å². The SMILES string of the molecule is N#Cc1ccc(C(=O)Nc2ccnc(Cl)n2)nc1. The van der Waals surface area contributed by atoms with E-state index in [1.54, 1.807) is 0 Å². The van der Waals surface area contributed by atoms with Crippen LogP contribution in [0.4, 0.5) is 5.82 Å². The van der Waals surface area contributed by atoms with Crippen molar-refractivity contribution in [3.8, 4) is 6.07 Å². The maximum absolute atomic E-state index is 11.8. The predicted octanol–water partition coefficient (Wildman–Crippen LogP) is 1.65. The smallest absolute Gasteiger partial charge is 0.275 e. The Morgan fingerprint density at radius 2 is 2.17 bits per heavy atom. The molecule has 88 valence electrons. The van der Waals surface area contributed by atoms with Crippen molar-refractivity contribution in [3.05, 3.63) is 47.1 Å². The average molecular weight is 260 g/mol. The number of nitrogens with zero attached hydrogens (tertiary/aromatic N) is 4.